The zero-order chi connectivity index (χ0) is 20.4. The lowest BCUT2D eigenvalue weighted by Gasteiger charge is -2.23. The molecule has 2 amide bonds. The van der Waals surface area contributed by atoms with E-state index in [-0.39, 0.29) is 11.4 Å². The van der Waals surface area contributed by atoms with Crippen LogP contribution in [0.15, 0.2) is 42.5 Å². The van der Waals surface area contributed by atoms with Crippen molar-refractivity contribution < 1.29 is 31.5 Å². The van der Waals surface area contributed by atoms with Crippen LogP contribution < -0.4 is 10.6 Å². The molecule has 27 heavy (non-hydrogen) atoms. The van der Waals surface area contributed by atoms with E-state index in [9.17, 15) is 31.5 Å². The molecule has 144 valence electrons. The molecule has 0 aliphatic rings. The molecule has 0 atom stereocenters. The smallest absolute Gasteiger partial charge is 0.325 e. The molecule has 2 rings (SSSR count). The van der Waals surface area contributed by atoms with Crippen molar-refractivity contribution in [1.29, 1.82) is 0 Å². The second-order valence-electron chi connectivity index (χ2n) is 6.24. The van der Waals surface area contributed by atoms with E-state index in [0.29, 0.717) is 6.07 Å². The molecule has 4 nitrogen and oxygen atoms in total. The van der Waals surface area contributed by atoms with Crippen molar-refractivity contribution in [3.05, 3.63) is 59.7 Å². The van der Waals surface area contributed by atoms with Crippen LogP contribution in [0.5, 0.6) is 0 Å². The van der Waals surface area contributed by atoms with Crippen molar-refractivity contribution >= 4 is 23.2 Å². The second-order valence-corrected chi connectivity index (χ2v) is 6.24. The summed E-state index contributed by atoms with van der Waals surface area (Å²) in [5.41, 5.74) is -3.20. The Bertz CT molecular complexity index is 878. The van der Waals surface area contributed by atoms with Crippen molar-refractivity contribution in [2.24, 2.45) is 5.41 Å². The molecule has 0 bridgehead atoms. The number of rotatable bonds is 4. The van der Waals surface area contributed by atoms with Crippen LogP contribution in [-0.2, 0) is 15.8 Å². The van der Waals surface area contributed by atoms with Gasteiger partial charge < -0.3 is 10.6 Å². The summed E-state index contributed by atoms with van der Waals surface area (Å²) in [6.07, 6.45) is -4.59. The van der Waals surface area contributed by atoms with Crippen LogP contribution in [-0.4, -0.2) is 11.8 Å². The summed E-state index contributed by atoms with van der Waals surface area (Å²) in [7, 11) is 0. The summed E-state index contributed by atoms with van der Waals surface area (Å²) < 4.78 is 64.8. The Morgan fingerprint density at radius 2 is 1.52 bits per heavy atom. The number of anilines is 2. The molecule has 0 heterocycles. The molecule has 0 unspecified atom stereocenters. The monoisotopic (exact) mass is 386 g/mol. The minimum atomic E-state index is -4.59. The van der Waals surface area contributed by atoms with Gasteiger partial charge in [-0.25, -0.2) is 8.78 Å². The lowest BCUT2D eigenvalue weighted by molar-refractivity contribution is -0.138. The second kappa shape index (κ2) is 7.34. The SMILES string of the molecule is CC(C)(C(=O)Nc1cccc(C(F)(F)F)c1)C(=O)Nc1ccc(F)cc1F. The highest BCUT2D eigenvalue weighted by Gasteiger charge is 2.37. The third-order valence-corrected chi connectivity index (χ3v) is 3.76. The third kappa shape index (κ3) is 4.81. The van der Waals surface area contributed by atoms with Crippen LogP contribution in [0.25, 0.3) is 0 Å². The molecule has 2 aromatic rings. The number of hydrogen-bond acceptors (Lipinski definition) is 2. The van der Waals surface area contributed by atoms with Gasteiger partial charge in [0.15, 0.2) is 0 Å². The van der Waals surface area contributed by atoms with Gasteiger partial charge in [0.25, 0.3) is 0 Å². The Morgan fingerprint density at radius 1 is 0.889 bits per heavy atom. The summed E-state index contributed by atoms with van der Waals surface area (Å²) in [5, 5.41) is 4.39. The Hall–Kier alpha value is -2.97. The fourth-order valence-corrected chi connectivity index (χ4v) is 2.03. The van der Waals surface area contributed by atoms with Gasteiger partial charge in [-0.2, -0.15) is 13.2 Å². The number of carbonyl (C=O) groups is 2. The van der Waals surface area contributed by atoms with Gasteiger partial charge in [-0.05, 0) is 44.2 Å². The lowest BCUT2D eigenvalue weighted by Crippen LogP contribution is -2.41. The van der Waals surface area contributed by atoms with Crippen LogP contribution in [0.4, 0.5) is 33.3 Å². The van der Waals surface area contributed by atoms with E-state index in [4.69, 9.17) is 0 Å². The van der Waals surface area contributed by atoms with Crippen molar-refractivity contribution in [2.45, 2.75) is 20.0 Å². The fourth-order valence-electron chi connectivity index (χ4n) is 2.03. The maximum absolute atomic E-state index is 13.6. The van der Waals surface area contributed by atoms with Crippen LogP contribution >= 0.6 is 0 Å². The first kappa shape index (κ1) is 20.3. The first-order valence-corrected chi connectivity index (χ1v) is 7.66. The number of benzene rings is 2. The highest BCUT2D eigenvalue weighted by atomic mass is 19.4. The molecule has 2 N–H and O–H groups in total. The quantitative estimate of drug-likeness (QED) is 0.597. The van der Waals surface area contributed by atoms with Gasteiger partial charge in [-0.3, -0.25) is 9.59 Å². The molecule has 0 aliphatic heterocycles. The molecular weight excluding hydrogens is 371 g/mol. The zero-order valence-electron chi connectivity index (χ0n) is 14.2. The van der Waals surface area contributed by atoms with Crippen molar-refractivity contribution in [1.82, 2.24) is 0 Å². The standard InChI is InChI=1S/C18H15F5N2O2/c1-17(2,16(27)25-14-7-6-11(19)9-13(14)20)15(26)24-12-5-3-4-10(8-12)18(21,22)23/h3-9H,1-2H3,(H,24,26)(H,25,27). The summed E-state index contributed by atoms with van der Waals surface area (Å²) in [4.78, 5) is 24.7. The first-order valence-electron chi connectivity index (χ1n) is 7.66. The Kier molecular flexibility index (Phi) is 5.53. The summed E-state index contributed by atoms with van der Waals surface area (Å²) in [5.74, 6) is -3.69. The summed E-state index contributed by atoms with van der Waals surface area (Å²) >= 11 is 0. The maximum Gasteiger partial charge on any atom is 0.416 e. The molecule has 9 heteroatoms. The predicted molar refractivity (Wildman–Crippen MR) is 88.8 cm³/mol. The molecule has 0 aromatic heterocycles. The van der Waals surface area contributed by atoms with E-state index in [1.165, 1.54) is 19.9 Å². The average molecular weight is 386 g/mol. The molecule has 0 radical (unpaired) electrons. The number of nitrogens with one attached hydrogen (secondary N) is 2. The zero-order valence-corrected chi connectivity index (χ0v) is 14.2. The Labute approximate surface area is 151 Å². The van der Waals surface area contributed by atoms with Gasteiger partial charge >= 0.3 is 6.18 Å². The number of amides is 2. The van der Waals surface area contributed by atoms with Crippen molar-refractivity contribution in [2.75, 3.05) is 10.6 Å². The van der Waals surface area contributed by atoms with Crippen molar-refractivity contribution in [3.63, 3.8) is 0 Å². The Morgan fingerprint density at radius 3 is 2.11 bits per heavy atom. The van der Waals surface area contributed by atoms with Gasteiger partial charge in [-0.1, -0.05) is 6.07 Å². The molecule has 2 aromatic carbocycles. The molecular formula is C18H15F5N2O2. The van der Waals surface area contributed by atoms with Crippen molar-refractivity contribution in [3.8, 4) is 0 Å². The van der Waals surface area contributed by atoms with E-state index >= 15 is 0 Å². The normalized spacial score (nSPS) is 11.8. The van der Waals surface area contributed by atoms with E-state index in [1.807, 2.05) is 0 Å². The van der Waals surface area contributed by atoms with E-state index < -0.39 is 40.6 Å². The highest BCUT2D eigenvalue weighted by Crippen LogP contribution is 2.31. The molecule has 0 aliphatic carbocycles. The minimum Gasteiger partial charge on any atom is -0.325 e. The molecule has 0 spiro atoms. The van der Waals surface area contributed by atoms with Crippen LogP contribution in [0.2, 0.25) is 0 Å². The first-order chi connectivity index (χ1) is 12.4. The molecule has 0 saturated heterocycles. The van der Waals surface area contributed by atoms with Crippen LogP contribution in [0, 0.1) is 17.0 Å². The average Bonchev–Trinajstić information content (AvgIpc) is 2.56. The summed E-state index contributed by atoms with van der Waals surface area (Å²) in [6, 6.07) is 6.39. The third-order valence-electron chi connectivity index (χ3n) is 3.76. The summed E-state index contributed by atoms with van der Waals surface area (Å²) in [6.45, 7) is 2.43. The van der Waals surface area contributed by atoms with E-state index in [2.05, 4.69) is 10.6 Å². The van der Waals surface area contributed by atoms with Gasteiger partial charge in [0.05, 0.1) is 11.3 Å². The molecule has 0 saturated carbocycles. The van der Waals surface area contributed by atoms with Crippen LogP contribution in [0.3, 0.4) is 0 Å². The highest BCUT2D eigenvalue weighted by molar-refractivity contribution is 6.14. The Balaban J connectivity index is 2.15. The van der Waals surface area contributed by atoms with E-state index in [1.54, 1.807) is 0 Å². The predicted octanol–water partition coefficient (Wildman–Crippen LogP) is 4.59. The topological polar surface area (TPSA) is 58.2 Å². The number of hydrogen-bond donors (Lipinski definition) is 2. The fraction of sp³-hybridized carbons (Fsp3) is 0.222. The number of halogens is 5. The van der Waals surface area contributed by atoms with E-state index in [0.717, 1.165) is 30.3 Å². The largest absolute Gasteiger partial charge is 0.416 e. The van der Waals surface area contributed by atoms with Gasteiger partial charge in [-0.15, -0.1) is 0 Å². The number of alkyl halides is 3. The number of carbonyl (C=O) groups excluding carboxylic acids is 2. The molecule has 0 fully saturated rings. The minimum absolute atomic E-state index is 0.149. The van der Waals surface area contributed by atoms with Crippen LogP contribution in [0.1, 0.15) is 19.4 Å². The van der Waals surface area contributed by atoms with Gasteiger partial charge in [0, 0.05) is 11.8 Å². The van der Waals surface area contributed by atoms with Gasteiger partial charge in [0.1, 0.15) is 17.0 Å². The maximum atomic E-state index is 13.6. The lowest BCUT2D eigenvalue weighted by atomic mass is 9.90. The van der Waals surface area contributed by atoms with Gasteiger partial charge in [0.2, 0.25) is 11.8 Å².